The number of ether oxygens (including phenoxy) is 1. The number of anilines is 1. The Labute approximate surface area is 128 Å². The lowest BCUT2D eigenvalue weighted by Crippen LogP contribution is -2.38. The quantitative estimate of drug-likeness (QED) is 0.816. The van der Waals surface area contributed by atoms with Crippen LogP contribution in [0.15, 0.2) is 11.4 Å². The topological polar surface area (TPSA) is 55.3 Å². The molecule has 3 rings (SSSR count). The van der Waals surface area contributed by atoms with Crippen molar-refractivity contribution in [2.24, 2.45) is 0 Å². The van der Waals surface area contributed by atoms with Gasteiger partial charge in [0.15, 0.2) is 0 Å². The maximum absolute atomic E-state index is 11.0. The number of aryl methyl sites for hydroxylation is 1. The standard InChI is InChI=1S/C15H19N3O2S/c1-3-13-16-14(12-6-9-21-15(12)17-13)18-7-4-11(5-8-18)20-10(2)19/h6,9,11H,3-5,7-8H2,1-2H3. The van der Waals surface area contributed by atoms with Gasteiger partial charge < -0.3 is 9.64 Å². The predicted octanol–water partition coefficient (Wildman–Crippen LogP) is 2.79. The summed E-state index contributed by atoms with van der Waals surface area (Å²) in [5, 5.41) is 3.19. The third kappa shape index (κ3) is 3.00. The van der Waals surface area contributed by atoms with Gasteiger partial charge in [0, 0.05) is 39.3 Å². The molecule has 21 heavy (non-hydrogen) atoms. The highest BCUT2D eigenvalue weighted by atomic mass is 32.1. The average molecular weight is 305 g/mol. The number of hydrogen-bond donors (Lipinski definition) is 0. The van der Waals surface area contributed by atoms with Gasteiger partial charge in [0.05, 0.1) is 5.39 Å². The number of carbonyl (C=O) groups excluding carboxylic acids is 1. The molecule has 1 saturated heterocycles. The minimum Gasteiger partial charge on any atom is -0.462 e. The van der Waals surface area contributed by atoms with E-state index in [9.17, 15) is 4.79 Å². The second kappa shape index (κ2) is 5.97. The van der Waals surface area contributed by atoms with Gasteiger partial charge in [0.1, 0.15) is 22.6 Å². The fourth-order valence-corrected chi connectivity index (χ4v) is 3.48. The number of hydrogen-bond acceptors (Lipinski definition) is 6. The maximum Gasteiger partial charge on any atom is 0.302 e. The third-order valence-corrected chi connectivity index (χ3v) is 4.55. The molecule has 5 nitrogen and oxygen atoms in total. The third-order valence-electron chi connectivity index (χ3n) is 3.74. The van der Waals surface area contributed by atoms with Crippen molar-refractivity contribution in [2.75, 3.05) is 18.0 Å². The average Bonchev–Trinajstić information content (AvgIpc) is 2.94. The van der Waals surface area contributed by atoms with E-state index in [1.165, 1.54) is 6.92 Å². The Morgan fingerprint density at radius 2 is 2.19 bits per heavy atom. The van der Waals surface area contributed by atoms with E-state index in [0.717, 1.165) is 54.2 Å². The number of fused-ring (bicyclic) bond motifs is 1. The molecule has 112 valence electrons. The molecule has 0 amide bonds. The molecule has 0 atom stereocenters. The normalized spacial score (nSPS) is 16.4. The Bertz CT molecular complexity index is 647. The highest BCUT2D eigenvalue weighted by molar-refractivity contribution is 7.16. The Kier molecular flexibility index (Phi) is 4.05. The molecule has 0 unspecified atom stereocenters. The predicted molar refractivity (Wildman–Crippen MR) is 83.8 cm³/mol. The SMILES string of the molecule is CCc1nc(N2CCC(OC(C)=O)CC2)c2ccsc2n1. The first-order valence-corrected chi connectivity index (χ1v) is 8.21. The lowest BCUT2D eigenvalue weighted by molar-refractivity contribution is -0.147. The number of carbonyl (C=O) groups is 1. The van der Waals surface area contributed by atoms with Crippen LogP contribution in [0.5, 0.6) is 0 Å². The molecule has 2 aromatic heterocycles. The van der Waals surface area contributed by atoms with Crippen LogP contribution in [-0.2, 0) is 16.0 Å². The van der Waals surface area contributed by atoms with Crippen LogP contribution in [0.4, 0.5) is 5.82 Å². The summed E-state index contributed by atoms with van der Waals surface area (Å²) in [7, 11) is 0. The van der Waals surface area contributed by atoms with Crippen LogP contribution in [0.3, 0.4) is 0 Å². The van der Waals surface area contributed by atoms with Crippen LogP contribution in [0.25, 0.3) is 10.2 Å². The fourth-order valence-electron chi connectivity index (χ4n) is 2.70. The molecule has 1 fully saturated rings. The van der Waals surface area contributed by atoms with Crippen molar-refractivity contribution in [3.63, 3.8) is 0 Å². The lowest BCUT2D eigenvalue weighted by Gasteiger charge is -2.32. The molecule has 0 aliphatic carbocycles. The largest absolute Gasteiger partial charge is 0.462 e. The van der Waals surface area contributed by atoms with E-state index in [1.807, 2.05) is 0 Å². The van der Waals surface area contributed by atoms with Crippen LogP contribution in [0, 0.1) is 0 Å². The van der Waals surface area contributed by atoms with E-state index in [1.54, 1.807) is 11.3 Å². The molecule has 1 aliphatic rings. The van der Waals surface area contributed by atoms with E-state index in [-0.39, 0.29) is 12.1 Å². The number of rotatable bonds is 3. The van der Waals surface area contributed by atoms with Gasteiger partial charge in [-0.3, -0.25) is 4.79 Å². The molecule has 0 radical (unpaired) electrons. The van der Waals surface area contributed by atoms with Gasteiger partial charge in [-0.15, -0.1) is 11.3 Å². The minimum absolute atomic E-state index is 0.0456. The summed E-state index contributed by atoms with van der Waals surface area (Å²) >= 11 is 1.66. The van der Waals surface area contributed by atoms with E-state index >= 15 is 0 Å². The van der Waals surface area contributed by atoms with Gasteiger partial charge in [-0.1, -0.05) is 6.92 Å². The van der Waals surface area contributed by atoms with Crippen molar-refractivity contribution in [3.05, 3.63) is 17.3 Å². The zero-order valence-corrected chi connectivity index (χ0v) is 13.2. The number of aromatic nitrogens is 2. The smallest absolute Gasteiger partial charge is 0.302 e. The van der Waals surface area contributed by atoms with Crippen molar-refractivity contribution in [1.82, 2.24) is 9.97 Å². The Hall–Kier alpha value is -1.69. The van der Waals surface area contributed by atoms with E-state index in [2.05, 4.69) is 28.3 Å². The van der Waals surface area contributed by atoms with Crippen molar-refractivity contribution in [1.29, 1.82) is 0 Å². The number of nitrogens with zero attached hydrogens (tertiary/aromatic N) is 3. The number of piperidine rings is 1. The summed E-state index contributed by atoms with van der Waals surface area (Å²) in [5.74, 6) is 1.73. The molecular formula is C15H19N3O2S. The molecule has 0 aromatic carbocycles. The second-order valence-corrected chi connectivity index (χ2v) is 6.15. The molecule has 2 aromatic rings. The van der Waals surface area contributed by atoms with Crippen LogP contribution in [0.2, 0.25) is 0 Å². The van der Waals surface area contributed by atoms with Crippen LogP contribution in [0.1, 0.15) is 32.5 Å². The first kappa shape index (κ1) is 14.3. The zero-order valence-electron chi connectivity index (χ0n) is 12.3. The lowest BCUT2D eigenvalue weighted by atomic mass is 10.1. The van der Waals surface area contributed by atoms with Gasteiger partial charge in [0.25, 0.3) is 0 Å². The van der Waals surface area contributed by atoms with Crippen LogP contribution >= 0.6 is 11.3 Å². The summed E-state index contributed by atoms with van der Waals surface area (Å²) in [4.78, 5) is 23.7. The molecule has 0 bridgehead atoms. The molecular weight excluding hydrogens is 286 g/mol. The zero-order chi connectivity index (χ0) is 14.8. The molecule has 6 heteroatoms. The summed E-state index contributed by atoms with van der Waals surface area (Å²) in [6.07, 6.45) is 2.60. The van der Waals surface area contributed by atoms with Gasteiger partial charge >= 0.3 is 5.97 Å². The van der Waals surface area contributed by atoms with Crippen molar-refractivity contribution in [2.45, 2.75) is 39.2 Å². The fraction of sp³-hybridized carbons (Fsp3) is 0.533. The summed E-state index contributed by atoms with van der Waals surface area (Å²) in [5.41, 5.74) is 0. The van der Waals surface area contributed by atoms with Gasteiger partial charge in [0.2, 0.25) is 0 Å². The highest BCUT2D eigenvalue weighted by Gasteiger charge is 2.24. The van der Waals surface area contributed by atoms with E-state index in [4.69, 9.17) is 9.72 Å². The number of esters is 1. The molecule has 1 aliphatic heterocycles. The van der Waals surface area contributed by atoms with Crippen LogP contribution < -0.4 is 4.90 Å². The molecule has 0 N–H and O–H groups in total. The number of thiophene rings is 1. The van der Waals surface area contributed by atoms with Crippen LogP contribution in [-0.4, -0.2) is 35.1 Å². The maximum atomic E-state index is 11.0. The molecule has 3 heterocycles. The summed E-state index contributed by atoms with van der Waals surface area (Å²) in [6.45, 7) is 5.27. The van der Waals surface area contributed by atoms with E-state index in [0.29, 0.717) is 0 Å². The van der Waals surface area contributed by atoms with Crippen molar-refractivity contribution in [3.8, 4) is 0 Å². The highest BCUT2D eigenvalue weighted by Crippen LogP contribution is 2.30. The first-order valence-electron chi connectivity index (χ1n) is 7.33. The molecule has 0 saturated carbocycles. The van der Waals surface area contributed by atoms with Crippen molar-refractivity contribution >= 4 is 33.3 Å². The second-order valence-electron chi connectivity index (χ2n) is 5.25. The molecule has 0 spiro atoms. The minimum atomic E-state index is -0.191. The van der Waals surface area contributed by atoms with Gasteiger partial charge in [-0.25, -0.2) is 9.97 Å². The Morgan fingerprint density at radius 1 is 1.43 bits per heavy atom. The monoisotopic (exact) mass is 305 g/mol. The Morgan fingerprint density at radius 3 is 2.86 bits per heavy atom. The first-order chi connectivity index (χ1) is 10.2. The van der Waals surface area contributed by atoms with E-state index < -0.39 is 0 Å². The Balaban J connectivity index is 1.81. The van der Waals surface area contributed by atoms with Crippen molar-refractivity contribution < 1.29 is 9.53 Å². The summed E-state index contributed by atoms with van der Waals surface area (Å²) in [6, 6.07) is 2.09. The van der Waals surface area contributed by atoms with Gasteiger partial charge in [-0.2, -0.15) is 0 Å². The summed E-state index contributed by atoms with van der Waals surface area (Å²) < 4.78 is 5.30. The van der Waals surface area contributed by atoms with Gasteiger partial charge in [-0.05, 0) is 11.4 Å².